The number of anilines is 1. The van der Waals surface area contributed by atoms with E-state index in [0.717, 1.165) is 21.8 Å². The number of carbonyl (C=O) groups is 2. The maximum Gasteiger partial charge on any atom is 0.337 e. The van der Waals surface area contributed by atoms with Crippen molar-refractivity contribution in [3.8, 4) is 21.8 Å². The van der Waals surface area contributed by atoms with E-state index >= 15 is 0 Å². The Morgan fingerprint density at radius 2 is 2.06 bits per heavy atom. The standard InChI is InChI=1S/C25H25N3O4S/c1-15-7-8-16(2)19(11-15)21-14-33-23(27-21)17-5-4-6-18(12-17)26-22-20(25(31)32-3)13-28(9-10-29)24(22)30/h4-8,11-12,14,26,29H,9-10,13H2,1-3H3. The lowest BCUT2D eigenvalue weighted by molar-refractivity contribution is -0.136. The number of aliphatic hydroxyl groups is 1. The fourth-order valence-electron chi connectivity index (χ4n) is 3.77. The first-order valence-corrected chi connectivity index (χ1v) is 11.4. The lowest BCUT2D eigenvalue weighted by Crippen LogP contribution is -2.31. The summed E-state index contributed by atoms with van der Waals surface area (Å²) in [6.45, 7) is 4.19. The van der Waals surface area contributed by atoms with E-state index in [1.165, 1.54) is 23.1 Å². The van der Waals surface area contributed by atoms with Crippen molar-refractivity contribution in [2.45, 2.75) is 13.8 Å². The van der Waals surface area contributed by atoms with E-state index in [1.807, 2.05) is 29.6 Å². The fraction of sp³-hybridized carbons (Fsp3) is 0.240. The molecule has 1 aliphatic rings. The molecule has 1 amide bonds. The van der Waals surface area contributed by atoms with Gasteiger partial charge in [0.05, 0.1) is 31.5 Å². The van der Waals surface area contributed by atoms with Crippen LogP contribution in [0.2, 0.25) is 0 Å². The molecule has 170 valence electrons. The van der Waals surface area contributed by atoms with E-state index in [-0.39, 0.29) is 36.9 Å². The number of β-amino-alcohol motifs (C(OH)–C–C–N with tert-alkyl or cyclic N) is 1. The number of nitrogens with zero attached hydrogens (tertiary/aromatic N) is 2. The van der Waals surface area contributed by atoms with Gasteiger partial charge in [0, 0.05) is 28.7 Å². The minimum absolute atomic E-state index is 0.0970. The van der Waals surface area contributed by atoms with Crippen LogP contribution in [0.1, 0.15) is 11.1 Å². The van der Waals surface area contributed by atoms with Crippen LogP contribution in [0, 0.1) is 13.8 Å². The molecule has 33 heavy (non-hydrogen) atoms. The summed E-state index contributed by atoms with van der Waals surface area (Å²) >= 11 is 1.55. The second-order valence-electron chi connectivity index (χ2n) is 7.86. The minimum Gasteiger partial charge on any atom is -0.466 e. The van der Waals surface area contributed by atoms with Gasteiger partial charge >= 0.3 is 5.97 Å². The number of nitrogens with one attached hydrogen (secondary N) is 1. The number of benzene rings is 2. The molecule has 0 atom stereocenters. The van der Waals surface area contributed by atoms with Crippen LogP contribution in [-0.2, 0) is 14.3 Å². The number of aliphatic hydroxyl groups excluding tert-OH is 1. The third kappa shape index (κ3) is 4.67. The van der Waals surface area contributed by atoms with Gasteiger partial charge in [-0.05, 0) is 37.6 Å². The van der Waals surface area contributed by atoms with Crippen LogP contribution in [0.5, 0.6) is 0 Å². The van der Waals surface area contributed by atoms with Crippen molar-refractivity contribution >= 4 is 28.9 Å². The molecule has 0 saturated carbocycles. The largest absolute Gasteiger partial charge is 0.466 e. The molecular weight excluding hydrogens is 438 g/mol. The molecule has 3 aromatic rings. The Kier molecular flexibility index (Phi) is 6.57. The maximum absolute atomic E-state index is 12.8. The zero-order valence-electron chi connectivity index (χ0n) is 18.7. The lowest BCUT2D eigenvalue weighted by atomic mass is 10.0. The number of rotatable bonds is 7. The Balaban J connectivity index is 1.62. The van der Waals surface area contributed by atoms with Gasteiger partial charge < -0.3 is 20.1 Å². The highest BCUT2D eigenvalue weighted by Gasteiger charge is 2.34. The Bertz CT molecular complexity index is 1250. The molecule has 0 radical (unpaired) electrons. The number of carbonyl (C=O) groups excluding carboxylic acids is 2. The Morgan fingerprint density at radius 3 is 2.82 bits per heavy atom. The first kappa shape index (κ1) is 22.7. The highest BCUT2D eigenvalue weighted by atomic mass is 32.1. The van der Waals surface area contributed by atoms with Gasteiger partial charge in [-0.1, -0.05) is 29.8 Å². The molecule has 0 spiro atoms. The van der Waals surface area contributed by atoms with Gasteiger partial charge in [-0.15, -0.1) is 11.3 Å². The zero-order valence-corrected chi connectivity index (χ0v) is 19.5. The topological polar surface area (TPSA) is 91.8 Å². The second-order valence-corrected chi connectivity index (χ2v) is 8.72. The highest BCUT2D eigenvalue weighted by Crippen LogP contribution is 2.32. The fourth-order valence-corrected chi connectivity index (χ4v) is 4.58. The molecule has 1 aliphatic heterocycles. The number of aryl methyl sites for hydroxylation is 2. The minimum atomic E-state index is -0.569. The monoisotopic (exact) mass is 463 g/mol. The van der Waals surface area contributed by atoms with Crippen molar-refractivity contribution in [2.24, 2.45) is 0 Å². The quantitative estimate of drug-likeness (QED) is 0.519. The van der Waals surface area contributed by atoms with Gasteiger partial charge in [0.2, 0.25) is 0 Å². The van der Waals surface area contributed by atoms with Gasteiger partial charge in [-0.3, -0.25) is 4.79 Å². The van der Waals surface area contributed by atoms with Crippen molar-refractivity contribution in [2.75, 3.05) is 32.1 Å². The summed E-state index contributed by atoms with van der Waals surface area (Å²) in [5, 5.41) is 15.2. The maximum atomic E-state index is 12.8. The predicted octanol–water partition coefficient (Wildman–Crippen LogP) is 3.77. The first-order valence-electron chi connectivity index (χ1n) is 10.5. The smallest absolute Gasteiger partial charge is 0.337 e. The molecule has 4 rings (SSSR count). The van der Waals surface area contributed by atoms with Crippen molar-refractivity contribution in [1.82, 2.24) is 9.88 Å². The number of methoxy groups -OCH3 is 1. The molecule has 8 heteroatoms. The Hall–Kier alpha value is -3.49. The van der Waals surface area contributed by atoms with E-state index in [4.69, 9.17) is 9.72 Å². The van der Waals surface area contributed by atoms with Crippen LogP contribution >= 0.6 is 11.3 Å². The number of hydrogen-bond acceptors (Lipinski definition) is 7. The molecule has 0 saturated heterocycles. The zero-order chi connectivity index (χ0) is 23.5. The van der Waals surface area contributed by atoms with Crippen molar-refractivity contribution in [1.29, 1.82) is 0 Å². The van der Waals surface area contributed by atoms with Crippen LogP contribution < -0.4 is 5.32 Å². The average molecular weight is 464 g/mol. The molecule has 0 unspecified atom stereocenters. The molecule has 2 N–H and O–H groups in total. The number of thiazole rings is 1. The molecular formula is C25H25N3O4S. The van der Waals surface area contributed by atoms with Crippen molar-refractivity contribution < 1.29 is 19.4 Å². The Labute approximate surface area is 196 Å². The predicted molar refractivity (Wildman–Crippen MR) is 129 cm³/mol. The van der Waals surface area contributed by atoms with E-state index in [2.05, 4.69) is 37.4 Å². The lowest BCUT2D eigenvalue weighted by Gasteiger charge is -2.15. The highest BCUT2D eigenvalue weighted by molar-refractivity contribution is 7.13. The first-order chi connectivity index (χ1) is 15.9. The van der Waals surface area contributed by atoms with Crippen molar-refractivity contribution in [3.63, 3.8) is 0 Å². The number of ether oxygens (including phenoxy) is 1. The summed E-state index contributed by atoms with van der Waals surface area (Å²) in [4.78, 5) is 31.2. The third-order valence-corrected chi connectivity index (χ3v) is 6.40. The molecule has 2 aromatic carbocycles. The van der Waals surface area contributed by atoms with Crippen LogP contribution in [0.3, 0.4) is 0 Å². The summed E-state index contributed by atoms with van der Waals surface area (Å²) in [6.07, 6.45) is 0. The number of aromatic nitrogens is 1. The van der Waals surface area contributed by atoms with E-state index in [1.54, 1.807) is 11.3 Å². The van der Waals surface area contributed by atoms with E-state index < -0.39 is 5.97 Å². The summed E-state index contributed by atoms with van der Waals surface area (Å²) in [5.41, 5.74) is 6.36. The molecule has 2 heterocycles. The summed E-state index contributed by atoms with van der Waals surface area (Å²) in [6, 6.07) is 13.9. The van der Waals surface area contributed by atoms with Crippen molar-refractivity contribution in [3.05, 3.63) is 70.2 Å². The second kappa shape index (κ2) is 9.56. The van der Waals surface area contributed by atoms with Gasteiger partial charge in [0.25, 0.3) is 5.91 Å². The number of hydrogen-bond donors (Lipinski definition) is 2. The van der Waals surface area contributed by atoms with Gasteiger partial charge in [-0.2, -0.15) is 0 Å². The van der Waals surface area contributed by atoms with Gasteiger partial charge in [0.1, 0.15) is 10.7 Å². The molecule has 0 fully saturated rings. The van der Waals surface area contributed by atoms with Crippen LogP contribution in [-0.4, -0.2) is 53.7 Å². The van der Waals surface area contributed by atoms with Crippen LogP contribution in [0.25, 0.3) is 21.8 Å². The normalized spacial score (nSPS) is 13.6. The number of esters is 1. The van der Waals surface area contributed by atoms with Crippen LogP contribution in [0.15, 0.2) is 59.1 Å². The summed E-state index contributed by atoms with van der Waals surface area (Å²) in [5.74, 6) is -0.915. The molecule has 7 nitrogen and oxygen atoms in total. The van der Waals surface area contributed by atoms with E-state index in [9.17, 15) is 14.7 Å². The average Bonchev–Trinajstić information content (AvgIpc) is 3.42. The van der Waals surface area contributed by atoms with Crippen LogP contribution in [0.4, 0.5) is 5.69 Å². The van der Waals surface area contributed by atoms with Gasteiger partial charge in [-0.25, -0.2) is 9.78 Å². The Morgan fingerprint density at radius 1 is 1.24 bits per heavy atom. The molecule has 0 aliphatic carbocycles. The summed E-state index contributed by atoms with van der Waals surface area (Å²) < 4.78 is 4.85. The SMILES string of the molecule is COC(=O)C1=C(Nc2cccc(-c3nc(-c4cc(C)ccc4C)cs3)c2)C(=O)N(CCO)C1. The third-order valence-electron chi connectivity index (χ3n) is 5.51. The molecule has 1 aromatic heterocycles. The summed E-state index contributed by atoms with van der Waals surface area (Å²) in [7, 11) is 1.28. The number of amides is 1. The molecule has 0 bridgehead atoms. The van der Waals surface area contributed by atoms with Gasteiger partial charge in [0.15, 0.2) is 0 Å². The van der Waals surface area contributed by atoms with E-state index in [0.29, 0.717) is 5.69 Å².